The Balaban J connectivity index is 1.86. The van der Waals surface area contributed by atoms with Crippen LogP contribution in [0.2, 0.25) is 0 Å². The summed E-state index contributed by atoms with van der Waals surface area (Å²) in [5.41, 5.74) is 0.244. The molecule has 2 rings (SSSR count). The Labute approximate surface area is 131 Å². The Morgan fingerprint density at radius 2 is 1.81 bits per heavy atom. The minimum atomic E-state index is -2.84. The molecule has 0 atom stereocenters. The van der Waals surface area contributed by atoms with Crippen molar-refractivity contribution in [3.05, 3.63) is 0 Å². The number of nitrogens with one attached hydrogen (secondary N) is 1. The summed E-state index contributed by atoms with van der Waals surface area (Å²) in [4.78, 5) is 0. The van der Waals surface area contributed by atoms with E-state index in [2.05, 4.69) is 12.2 Å². The van der Waals surface area contributed by atoms with Gasteiger partial charge in [0, 0.05) is 18.8 Å². The molecule has 2 saturated carbocycles. The van der Waals surface area contributed by atoms with Gasteiger partial charge < -0.3 is 5.32 Å². The monoisotopic (exact) mass is 315 g/mol. The Morgan fingerprint density at radius 3 is 2.33 bits per heavy atom. The quantitative estimate of drug-likeness (QED) is 0.708. The molecule has 0 radical (unpaired) electrons. The van der Waals surface area contributed by atoms with Gasteiger partial charge in [0.25, 0.3) is 0 Å². The first-order valence-electron chi connectivity index (χ1n) is 8.84. The van der Waals surface area contributed by atoms with Crippen molar-refractivity contribution >= 4 is 9.84 Å². The second-order valence-electron chi connectivity index (χ2n) is 7.62. The smallest absolute Gasteiger partial charge is 0.147 e. The van der Waals surface area contributed by atoms with E-state index in [1.54, 1.807) is 0 Å². The van der Waals surface area contributed by atoms with Gasteiger partial charge in [-0.2, -0.15) is 0 Å². The third-order valence-electron chi connectivity index (χ3n) is 5.48. The summed E-state index contributed by atoms with van der Waals surface area (Å²) < 4.78 is 23.1. The van der Waals surface area contributed by atoms with Gasteiger partial charge in [0.05, 0.1) is 5.75 Å². The van der Waals surface area contributed by atoms with Crippen molar-refractivity contribution < 1.29 is 8.42 Å². The Morgan fingerprint density at radius 1 is 1.14 bits per heavy atom. The summed E-state index contributed by atoms with van der Waals surface area (Å²) in [6.45, 7) is 3.30. The maximum absolute atomic E-state index is 11.6. The molecule has 0 aromatic carbocycles. The lowest BCUT2D eigenvalue weighted by molar-refractivity contribution is 0.134. The molecule has 1 N–H and O–H groups in total. The molecule has 3 nitrogen and oxygen atoms in total. The van der Waals surface area contributed by atoms with E-state index in [-0.39, 0.29) is 5.41 Å². The zero-order valence-corrected chi connectivity index (χ0v) is 14.7. The standard InChI is InChI=1S/C17H33NO2S/c1-3-4-5-15-8-10-17(11-9-15,12-13-21(2,19)20)14-18-16-6-7-16/h15-16,18H,3-14H2,1-2H3. The lowest BCUT2D eigenvalue weighted by Gasteiger charge is -2.41. The van der Waals surface area contributed by atoms with Crippen LogP contribution in [0.25, 0.3) is 0 Å². The lowest BCUT2D eigenvalue weighted by atomic mass is 9.68. The molecular weight excluding hydrogens is 282 g/mol. The number of hydrogen-bond donors (Lipinski definition) is 1. The summed E-state index contributed by atoms with van der Waals surface area (Å²) in [7, 11) is -2.84. The van der Waals surface area contributed by atoms with E-state index in [4.69, 9.17) is 0 Å². The number of sulfone groups is 1. The molecule has 2 aliphatic rings. The van der Waals surface area contributed by atoms with Crippen LogP contribution in [0, 0.1) is 11.3 Å². The van der Waals surface area contributed by atoms with Crippen LogP contribution in [0.1, 0.15) is 71.1 Å². The fourth-order valence-electron chi connectivity index (χ4n) is 3.64. The highest BCUT2D eigenvalue weighted by Crippen LogP contribution is 2.43. The molecule has 2 fully saturated rings. The normalized spacial score (nSPS) is 30.5. The lowest BCUT2D eigenvalue weighted by Crippen LogP contribution is -2.39. The van der Waals surface area contributed by atoms with E-state index in [0.29, 0.717) is 5.75 Å². The minimum absolute atomic E-state index is 0.244. The first-order valence-corrected chi connectivity index (χ1v) is 10.9. The largest absolute Gasteiger partial charge is 0.313 e. The SMILES string of the molecule is CCCCC1CCC(CCS(C)(=O)=O)(CNC2CC2)CC1. The van der Waals surface area contributed by atoms with Gasteiger partial charge in [0.1, 0.15) is 9.84 Å². The molecule has 4 heteroatoms. The van der Waals surface area contributed by atoms with Crippen molar-refractivity contribution in [3.63, 3.8) is 0 Å². The van der Waals surface area contributed by atoms with Crippen LogP contribution in [0.3, 0.4) is 0 Å². The van der Waals surface area contributed by atoms with Crippen molar-refractivity contribution in [2.75, 3.05) is 18.6 Å². The summed E-state index contributed by atoms with van der Waals surface area (Å²) in [6, 6.07) is 0.720. The summed E-state index contributed by atoms with van der Waals surface area (Å²) in [5.74, 6) is 1.25. The second kappa shape index (κ2) is 7.45. The van der Waals surface area contributed by atoms with Gasteiger partial charge in [0.2, 0.25) is 0 Å². The van der Waals surface area contributed by atoms with Crippen molar-refractivity contribution in [2.45, 2.75) is 77.2 Å². The van der Waals surface area contributed by atoms with Crippen molar-refractivity contribution in [3.8, 4) is 0 Å². The van der Waals surface area contributed by atoms with Crippen LogP contribution < -0.4 is 5.32 Å². The van der Waals surface area contributed by atoms with Gasteiger partial charge in [-0.25, -0.2) is 8.42 Å². The van der Waals surface area contributed by atoms with Gasteiger partial charge in [-0.15, -0.1) is 0 Å². The fourth-order valence-corrected chi connectivity index (χ4v) is 4.44. The van der Waals surface area contributed by atoms with Gasteiger partial charge in [-0.05, 0) is 56.3 Å². The van der Waals surface area contributed by atoms with Crippen molar-refractivity contribution in [2.24, 2.45) is 11.3 Å². The van der Waals surface area contributed by atoms with E-state index >= 15 is 0 Å². The highest BCUT2D eigenvalue weighted by Gasteiger charge is 2.36. The Hall–Kier alpha value is -0.0900. The van der Waals surface area contributed by atoms with Crippen molar-refractivity contribution in [1.82, 2.24) is 5.32 Å². The molecule has 0 aromatic rings. The maximum Gasteiger partial charge on any atom is 0.147 e. The number of unbranched alkanes of at least 4 members (excludes halogenated alkanes) is 1. The summed E-state index contributed by atoms with van der Waals surface area (Å²) >= 11 is 0. The van der Waals surface area contributed by atoms with E-state index < -0.39 is 9.84 Å². The van der Waals surface area contributed by atoms with E-state index in [1.807, 2.05) is 0 Å². The molecule has 0 aromatic heterocycles. The van der Waals surface area contributed by atoms with Crippen LogP contribution in [-0.4, -0.2) is 33.0 Å². The highest BCUT2D eigenvalue weighted by molar-refractivity contribution is 7.90. The molecule has 0 unspecified atom stereocenters. The van der Waals surface area contributed by atoms with Crippen LogP contribution in [0.4, 0.5) is 0 Å². The van der Waals surface area contributed by atoms with Gasteiger partial charge in [-0.1, -0.05) is 26.2 Å². The molecule has 0 spiro atoms. The first-order chi connectivity index (χ1) is 9.92. The fraction of sp³-hybridized carbons (Fsp3) is 1.00. The topological polar surface area (TPSA) is 46.2 Å². The first kappa shape index (κ1) is 17.3. The molecule has 21 heavy (non-hydrogen) atoms. The van der Waals surface area contributed by atoms with Gasteiger partial charge >= 0.3 is 0 Å². The summed E-state index contributed by atoms with van der Waals surface area (Å²) in [5, 5.41) is 3.67. The molecule has 0 amide bonds. The molecular formula is C17H33NO2S. The molecule has 0 bridgehead atoms. The zero-order valence-electron chi connectivity index (χ0n) is 13.9. The van der Waals surface area contributed by atoms with Crippen LogP contribution in [-0.2, 0) is 9.84 Å². The third kappa shape index (κ3) is 6.27. The van der Waals surface area contributed by atoms with Crippen LogP contribution >= 0.6 is 0 Å². The molecule has 0 aliphatic heterocycles. The Kier molecular flexibility index (Phi) is 6.13. The minimum Gasteiger partial charge on any atom is -0.313 e. The van der Waals surface area contributed by atoms with Crippen LogP contribution in [0.5, 0.6) is 0 Å². The number of hydrogen-bond acceptors (Lipinski definition) is 3. The van der Waals surface area contributed by atoms with Crippen LogP contribution in [0.15, 0.2) is 0 Å². The van der Waals surface area contributed by atoms with E-state index in [9.17, 15) is 8.42 Å². The molecule has 2 aliphatic carbocycles. The number of rotatable bonds is 9. The zero-order chi connectivity index (χ0) is 15.3. The third-order valence-corrected chi connectivity index (χ3v) is 6.42. The predicted molar refractivity (Wildman–Crippen MR) is 89.3 cm³/mol. The maximum atomic E-state index is 11.6. The average Bonchev–Trinajstić information content (AvgIpc) is 3.26. The van der Waals surface area contributed by atoms with E-state index in [1.165, 1.54) is 64.0 Å². The molecule has 0 saturated heterocycles. The van der Waals surface area contributed by atoms with Gasteiger partial charge in [0.15, 0.2) is 0 Å². The molecule has 124 valence electrons. The predicted octanol–water partition coefficient (Wildman–Crippen LogP) is 3.54. The van der Waals surface area contributed by atoms with E-state index in [0.717, 1.165) is 24.9 Å². The summed E-state index contributed by atoms with van der Waals surface area (Å²) in [6.07, 6.45) is 13.9. The Bertz CT molecular complexity index is 407. The van der Waals surface area contributed by atoms with Crippen molar-refractivity contribution in [1.29, 1.82) is 0 Å². The average molecular weight is 316 g/mol. The molecule has 0 heterocycles. The highest BCUT2D eigenvalue weighted by atomic mass is 32.2. The second-order valence-corrected chi connectivity index (χ2v) is 9.88. The van der Waals surface area contributed by atoms with Gasteiger partial charge in [-0.3, -0.25) is 0 Å².